The van der Waals surface area contributed by atoms with E-state index in [1.54, 1.807) is 0 Å². The lowest BCUT2D eigenvalue weighted by molar-refractivity contribution is 0.0965. The lowest BCUT2D eigenvalue weighted by Gasteiger charge is -2.22. The summed E-state index contributed by atoms with van der Waals surface area (Å²) >= 11 is 0. The van der Waals surface area contributed by atoms with Crippen molar-refractivity contribution >= 4 is 5.91 Å². The van der Waals surface area contributed by atoms with E-state index in [9.17, 15) is 4.79 Å². The Hall–Kier alpha value is -2.33. The molecule has 0 radical (unpaired) electrons. The van der Waals surface area contributed by atoms with Crippen molar-refractivity contribution in [3.05, 3.63) is 64.7 Å². The molecule has 0 saturated carbocycles. The van der Waals surface area contributed by atoms with Crippen LogP contribution in [-0.2, 0) is 19.6 Å². The minimum Gasteiger partial charge on any atom is -0.489 e. The molecule has 4 nitrogen and oxygen atoms in total. The summed E-state index contributed by atoms with van der Waals surface area (Å²) in [7, 11) is 0. The molecule has 25 heavy (non-hydrogen) atoms. The molecule has 0 bridgehead atoms. The molecule has 1 saturated heterocycles. The summed E-state index contributed by atoms with van der Waals surface area (Å²) in [5.74, 6) is 1.60. The largest absolute Gasteiger partial charge is 0.489 e. The van der Waals surface area contributed by atoms with Crippen molar-refractivity contribution in [2.75, 3.05) is 13.1 Å². The molecule has 2 aliphatic rings. The zero-order valence-corrected chi connectivity index (χ0v) is 14.4. The van der Waals surface area contributed by atoms with Gasteiger partial charge in [-0.05, 0) is 61.5 Å². The van der Waals surface area contributed by atoms with E-state index < -0.39 is 0 Å². The van der Waals surface area contributed by atoms with Gasteiger partial charge >= 0.3 is 0 Å². The van der Waals surface area contributed by atoms with Crippen molar-refractivity contribution in [2.24, 2.45) is 5.92 Å². The maximum absolute atomic E-state index is 11.7. The summed E-state index contributed by atoms with van der Waals surface area (Å²) in [5.41, 5.74) is 4.26. The predicted octanol–water partition coefficient (Wildman–Crippen LogP) is 3.05. The third kappa shape index (κ3) is 3.69. The third-order valence-electron chi connectivity index (χ3n) is 5.20. The van der Waals surface area contributed by atoms with Crippen LogP contribution in [0.5, 0.6) is 5.75 Å². The highest BCUT2D eigenvalue weighted by molar-refractivity contribution is 5.99. The monoisotopic (exact) mass is 336 g/mol. The lowest BCUT2D eigenvalue weighted by atomic mass is 9.91. The van der Waals surface area contributed by atoms with Crippen LogP contribution in [0.4, 0.5) is 0 Å². The Kier molecular flexibility index (Phi) is 4.70. The second-order valence-electron chi connectivity index (χ2n) is 6.97. The van der Waals surface area contributed by atoms with Crippen LogP contribution in [-0.4, -0.2) is 19.0 Å². The van der Waals surface area contributed by atoms with Gasteiger partial charge < -0.3 is 15.4 Å². The zero-order valence-electron chi connectivity index (χ0n) is 14.4. The lowest BCUT2D eigenvalue weighted by Crippen LogP contribution is -2.28. The molecule has 0 aromatic heterocycles. The summed E-state index contributed by atoms with van der Waals surface area (Å²) in [6.07, 6.45) is 3.72. The first-order valence-corrected chi connectivity index (χ1v) is 9.11. The van der Waals surface area contributed by atoms with E-state index in [1.807, 2.05) is 18.2 Å². The maximum Gasteiger partial charge on any atom is 0.252 e. The number of piperidine rings is 1. The molecule has 0 aliphatic carbocycles. The van der Waals surface area contributed by atoms with Gasteiger partial charge in [-0.3, -0.25) is 4.79 Å². The van der Waals surface area contributed by atoms with Crippen molar-refractivity contribution in [1.29, 1.82) is 0 Å². The van der Waals surface area contributed by atoms with E-state index >= 15 is 0 Å². The average molecular weight is 336 g/mol. The number of amides is 1. The fourth-order valence-corrected chi connectivity index (χ4v) is 3.71. The van der Waals surface area contributed by atoms with Crippen LogP contribution in [0.3, 0.4) is 0 Å². The molecule has 2 aliphatic heterocycles. The van der Waals surface area contributed by atoms with Gasteiger partial charge in [0.25, 0.3) is 5.91 Å². The quantitative estimate of drug-likeness (QED) is 0.882. The van der Waals surface area contributed by atoms with Crippen LogP contribution in [0.2, 0.25) is 0 Å². The average Bonchev–Trinajstić information content (AvgIpc) is 3.04. The van der Waals surface area contributed by atoms with Gasteiger partial charge in [0, 0.05) is 17.7 Å². The number of hydrogen-bond donors (Lipinski definition) is 2. The molecule has 0 atom stereocenters. The van der Waals surface area contributed by atoms with Gasteiger partial charge in [0.1, 0.15) is 12.4 Å². The minimum absolute atomic E-state index is 0.0114. The van der Waals surface area contributed by atoms with E-state index in [0.717, 1.165) is 41.4 Å². The molecule has 1 amide bonds. The Morgan fingerprint density at radius 2 is 1.76 bits per heavy atom. The molecule has 1 fully saturated rings. The fraction of sp³-hybridized carbons (Fsp3) is 0.381. The summed E-state index contributed by atoms with van der Waals surface area (Å²) in [6.45, 7) is 3.38. The number of rotatable bonds is 5. The molecular formula is C21H24N2O2. The summed E-state index contributed by atoms with van der Waals surface area (Å²) in [5, 5.41) is 6.27. The second kappa shape index (κ2) is 7.28. The standard InChI is InChI=1S/C21H24N2O2/c24-21-18-2-1-3-20(19(18)13-23-21)25-14-17-6-4-15(5-7-17)12-16-8-10-22-11-9-16/h1-7,16,22H,8-14H2,(H,23,24). The normalized spacial score (nSPS) is 17.2. The Morgan fingerprint density at radius 1 is 1.00 bits per heavy atom. The Bertz CT molecular complexity index is 749. The van der Waals surface area contributed by atoms with Crippen LogP contribution in [0.1, 0.15) is 39.9 Å². The van der Waals surface area contributed by atoms with Crippen molar-refractivity contribution in [3.8, 4) is 5.75 Å². The van der Waals surface area contributed by atoms with Gasteiger partial charge in [-0.25, -0.2) is 0 Å². The van der Waals surface area contributed by atoms with E-state index in [0.29, 0.717) is 13.2 Å². The maximum atomic E-state index is 11.7. The molecule has 2 aromatic carbocycles. The Morgan fingerprint density at radius 3 is 2.56 bits per heavy atom. The SMILES string of the molecule is O=C1NCc2c(OCc3ccc(CC4CCNCC4)cc3)cccc21. The van der Waals surface area contributed by atoms with Gasteiger partial charge in [-0.2, -0.15) is 0 Å². The van der Waals surface area contributed by atoms with E-state index in [2.05, 4.69) is 34.9 Å². The van der Waals surface area contributed by atoms with E-state index in [-0.39, 0.29) is 5.91 Å². The van der Waals surface area contributed by atoms with E-state index in [1.165, 1.54) is 24.8 Å². The van der Waals surface area contributed by atoms with Crippen molar-refractivity contribution in [2.45, 2.75) is 32.4 Å². The molecule has 0 spiro atoms. The molecule has 0 unspecified atom stereocenters. The molecule has 2 aromatic rings. The topological polar surface area (TPSA) is 50.4 Å². The first kappa shape index (κ1) is 16.2. The number of hydrogen-bond acceptors (Lipinski definition) is 3. The first-order valence-electron chi connectivity index (χ1n) is 9.11. The van der Waals surface area contributed by atoms with Crippen LogP contribution in [0.25, 0.3) is 0 Å². The molecule has 2 N–H and O–H groups in total. The molecule has 4 rings (SSSR count). The number of ether oxygens (including phenoxy) is 1. The van der Waals surface area contributed by atoms with Crippen LogP contribution in [0.15, 0.2) is 42.5 Å². The molecule has 2 heterocycles. The van der Waals surface area contributed by atoms with Gasteiger partial charge in [-0.15, -0.1) is 0 Å². The first-order chi connectivity index (χ1) is 12.3. The highest BCUT2D eigenvalue weighted by atomic mass is 16.5. The highest BCUT2D eigenvalue weighted by Gasteiger charge is 2.22. The predicted molar refractivity (Wildman–Crippen MR) is 97.7 cm³/mol. The third-order valence-corrected chi connectivity index (χ3v) is 5.20. The second-order valence-corrected chi connectivity index (χ2v) is 6.97. The number of nitrogens with one attached hydrogen (secondary N) is 2. The van der Waals surface area contributed by atoms with Crippen molar-refractivity contribution in [3.63, 3.8) is 0 Å². The molecule has 4 heteroatoms. The smallest absolute Gasteiger partial charge is 0.252 e. The fourth-order valence-electron chi connectivity index (χ4n) is 3.71. The van der Waals surface area contributed by atoms with Gasteiger partial charge in [0.2, 0.25) is 0 Å². The van der Waals surface area contributed by atoms with Gasteiger partial charge in [0.05, 0.1) is 0 Å². The Balaban J connectivity index is 1.37. The Labute approximate surface area is 148 Å². The number of fused-ring (bicyclic) bond motifs is 1. The van der Waals surface area contributed by atoms with Crippen LogP contribution < -0.4 is 15.4 Å². The van der Waals surface area contributed by atoms with Gasteiger partial charge in [-0.1, -0.05) is 30.3 Å². The summed E-state index contributed by atoms with van der Waals surface area (Å²) in [4.78, 5) is 11.7. The zero-order chi connectivity index (χ0) is 17.1. The number of carbonyl (C=O) groups excluding carboxylic acids is 1. The molecule has 130 valence electrons. The summed E-state index contributed by atoms with van der Waals surface area (Å²) < 4.78 is 5.97. The molecular weight excluding hydrogens is 312 g/mol. The number of carbonyl (C=O) groups is 1. The summed E-state index contributed by atoms with van der Waals surface area (Å²) in [6, 6.07) is 14.4. The highest BCUT2D eigenvalue weighted by Crippen LogP contribution is 2.27. The minimum atomic E-state index is -0.0114. The van der Waals surface area contributed by atoms with Crippen LogP contribution >= 0.6 is 0 Å². The number of benzene rings is 2. The van der Waals surface area contributed by atoms with E-state index in [4.69, 9.17) is 4.74 Å². The van der Waals surface area contributed by atoms with Crippen molar-refractivity contribution < 1.29 is 9.53 Å². The van der Waals surface area contributed by atoms with Crippen molar-refractivity contribution in [1.82, 2.24) is 10.6 Å². The van der Waals surface area contributed by atoms with Gasteiger partial charge in [0.15, 0.2) is 0 Å². The van der Waals surface area contributed by atoms with Crippen LogP contribution in [0, 0.1) is 5.92 Å².